The van der Waals surface area contributed by atoms with Gasteiger partial charge in [-0.3, -0.25) is 14.9 Å². The fraction of sp³-hybridized carbons (Fsp3) is 0.125. The maximum atomic E-state index is 10.1. The highest BCUT2D eigenvalue weighted by atomic mass is 16.6. The first-order valence-electron chi connectivity index (χ1n) is 3.38. The monoisotopic (exact) mass is 183 g/mol. The lowest BCUT2D eigenvalue weighted by Crippen LogP contribution is -1.87. The molecule has 0 heterocycles. The van der Waals surface area contributed by atoms with E-state index in [1.807, 2.05) is 0 Å². The Labute approximate surface area is 74.8 Å². The summed E-state index contributed by atoms with van der Waals surface area (Å²) in [7, 11) is 1.00. The number of nitro groups is 1. The normalized spacial score (nSPS) is 8.15. The molecule has 0 atom stereocenters. The Morgan fingerprint density at radius 2 is 1.77 bits per heavy atom. The Kier molecular flexibility index (Phi) is 5.06. The minimum atomic E-state index is -0.505. The summed E-state index contributed by atoms with van der Waals surface area (Å²) in [6, 6.07) is 5.41. The fourth-order valence-electron chi connectivity index (χ4n) is 0.675. The zero-order valence-corrected chi connectivity index (χ0v) is 7.01. The van der Waals surface area contributed by atoms with Crippen molar-refractivity contribution in [2.24, 2.45) is 0 Å². The summed E-state index contributed by atoms with van der Waals surface area (Å²) in [6.07, 6.45) is 0.643. The summed E-state index contributed by atoms with van der Waals surface area (Å²) < 4.78 is 0. The zero-order chi connectivity index (χ0) is 10.3. The zero-order valence-electron chi connectivity index (χ0n) is 7.01. The van der Waals surface area contributed by atoms with E-state index in [1.54, 1.807) is 0 Å². The number of nitrogens with zero attached hydrogens (tertiary/aromatic N) is 1. The molecule has 0 aliphatic heterocycles. The Bertz CT molecular complexity index is 281. The predicted octanol–water partition coefficient (Wildman–Crippen LogP) is 1.02. The van der Waals surface area contributed by atoms with Crippen LogP contribution in [0.2, 0.25) is 0 Å². The van der Waals surface area contributed by atoms with Crippen LogP contribution in [0.25, 0.3) is 0 Å². The van der Waals surface area contributed by atoms with E-state index in [-0.39, 0.29) is 5.69 Å². The molecule has 5 nitrogen and oxygen atoms in total. The van der Waals surface area contributed by atoms with Gasteiger partial charge in [0.25, 0.3) is 5.69 Å². The first kappa shape index (κ1) is 11.2. The Hall–Kier alpha value is -1.75. The average Bonchev–Trinajstić information content (AvgIpc) is 2.21. The minimum absolute atomic E-state index is 0.00407. The topological polar surface area (TPSA) is 80.4 Å². The number of hydrogen-bond acceptors (Lipinski definition) is 4. The van der Waals surface area contributed by atoms with Gasteiger partial charge in [-0.25, -0.2) is 0 Å². The molecule has 0 saturated carbocycles. The van der Waals surface area contributed by atoms with E-state index in [0.717, 1.165) is 7.11 Å². The van der Waals surface area contributed by atoms with Crippen molar-refractivity contribution in [1.82, 2.24) is 0 Å². The largest absolute Gasteiger partial charge is 0.400 e. The maximum absolute atomic E-state index is 10.1. The maximum Gasteiger partial charge on any atom is 0.269 e. The van der Waals surface area contributed by atoms with Crippen molar-refractivity contribution in [3.8, 4) is 0 Å². The quantitative estimate of drug-likeness (QED) is 0.421. The van der Waals surface area contributed by atoms with Gasteiger partial charge in [-0.15, -0.1) is 0 Å². The van der Waals surface area contributed by atoms with E-state index in [4.69, 9.17) is 5.11 Å². The lowest BCUT2D eigenvalue weighted by molar-refractivity contribution is -0.384. The van der Waals surface area contributed by atoms with Gasteiger partial charge >= 0.3 is 0 Å². The van der Waals surface area contributed by atoms with Crippen molar-refractivity contribution in [3.05, 3.63) is 39.9 Å². The van der Waals surface area contributed by atoms with Gasteiger partial charge in [-0.1, -0.05) is 0 Å². The minimum Gasteiger partial charge on any atom is -0.400 e. The van der Waals surface area contributed by atoms with E-state index in [2.05, 4.69) is 0 Å². The third-order valence-electron chi connectivity index (χ3n) is 1.24. The van der Waals surface area contributed by atoms with Crippen LogP contribution in [-0.4, -0.2) is 23.4 Å². The predicted molar refractivity (Wildman–Crippen MR) is 46.6 cm³/mol. The number of benzene rings is 1. The molecule has 0 radical (unpaired) electrons. The van der Waals surface area contributed by atoms with Gasteiger partial charge in [0.15, 0.2) is 0 Å². The Morgan fingerprint density at radius 3 is 2.08 bits per heavy atom. The summed E-state index contributed by atoms with van der Waals surface area (Å²) in [6.45, 7) is 0. The van der Waals surface area contributed by atoms with Crippen LogP contribution in [0.1, 0.15) is 10.4 Å². The van der Waals surface area contributed by atoms with Crippen LogP contribution in [0, 0.1) is 10.1 Å². The van der Waals surface area contributed by atoms with E-state index in [0.29, 0.717) is 11.8 Å². The molecular formula is C8H9NO4. The second-order valence-corrected chi connectivity index (χ2v) is 1.97. The van der Waals surface area contributed by atoms with Gasteiger partial charge in [0.1, 0.15) is 6.29 Å². The number of carbonyl (C=O) groups excluding carboxylic acids is 1. The molecule has 1 aromatic carbocycles. The standard InChI is InChI=1S/C7H5NO3.CH4O/c9-5-6-1-3-7(4-2-6)8(10)11;1-2/h1-5H;2H,1H3. The van der Waals surface area contributed by atoms with Crippen LogP contribution >= 0.6 is 0 Å². The molecule has 0 spiro atoms. The van der Waals surface area contributed by atoms with Crippen LogP contribution in [0.5, 0.6) is 0 Å². The van der Waals surface area contributed by atoms with Crippen LogP contribution < -0.4 is 0 Å². The van der Waals surface area contributed by atoms with Crippen molar-refractivity contribution < 1.29 is 14.8 Å². The first-order valence-corrected chi connectivity index (χ1v) is 3.38. The van der Waals surface area contributed by atoms with Gasteiger partial charge in [-0.05, 0) is 12.1 Å². The molecular weight excluding hydrogens is 174 g/mol. The molecule has 0 amide bonds. The second kappa shape index (κ2) is 5.84. The number of aliphatic hydroxyl groups excluding tert-OH is 1. The van der Waals surface area contributed by atoms with Gasteiger partial charge in [0.2, 0.25) is 0 Å². The number of aldehydes is 1. The number of rotatable bonds is 2. The van der Waals surface area contributed by atoms with E-state index in [9.17, 15) is 14.9 Å². The van der Waals surface area contributed by atoms with Crippen LogP contribution in [0.4, 0.5) is 5.69 Å². The molecule has 0 fully saturated rings. The van der Waals surface area contributed by atoms with Gasteiger partial charge in [0.05, 0.1) is 4.92 Å². The molecule has 1 N–H and O–H groups in total. The van der Waals surface area contributed by atoms with Crippen molar-refractivity contribution in [2.75, 3.05) is 7.11 Å². The van der Waals surface area contributed by atoms with Crippen molar-refractivity contribution in [1.29, 1.82) is 0 Å². The van der Waals surface area contributed by atoms with Crippen molar-refractivity contribution >= 4 is 12.0 Å². The lowest BCUT2D eigenvalue weighted by Gasteiger charge is -1.89. The highest BCUT2D eigenvalue weighted by Gasteiger charge is 2.02. The second-order valence-electron chi connectivity index (χ2n) is 1.97. The number of non-ortho nitro benzene ring substituents is 1. The molecule has 0 saturated heterocycles. The Morgan fingerprint density at radius 1 is 1.31 bits per heavy atom. The molecule has 0 aliphatic rings. The number of nitro benzene ring substituents is 1. The first-order chi connectivity index (χ1) is 6.24. The molecule has 70 valence electrons. The molecule has 1 aromatic rings. The van der Waals surface area contributed by atoms with E-state index >= 15 is 0 Å². The van der Waals surface area contributed by atoms with E-state index in [1.165, 1.54) is 24.3 Å². The Balaban J connectivity index is 0.000000671. The van der Waals surface area contributed by atoms with Gasteiger partial charge in [0, 0.05) is 24.8 Å². The molecule has 1 rings (SSSR count). The summed E-state index contributed by atoms with van der Waals surface area (Å²) >= 11 is 0. The smallest absolute Gasteiger partial charge is 0.269 e. The van der Waals surface area contributed by atoms with Crippen LogP contribution in [-0.2, 0) is 0 Å². The van der Waals surface area contributed by atoms with Crippen LogP contribution in [0.15, 0.2) is 24.3 Å². The summed E-state index contributed by atoms with van der Waals surface area (Å²) in [5.41, 5.74) is 0.436. The highest BCUT2D eigenvalue weighted by Crippen LogP contribution is 2.09. The number of aliphatic hydroxyl groups is 1. The van der Waals surface area contributed by atoms with Crippen molar-refractivity contribution in [3.63, 3.8) is 0 Å². The fourth-order valence-corrected chi connectivity index (χ4v) is 0.675. The lowest BCUT2D eigenvalue weighted by atomic mass is 10.2. The molecule has 0 aromatic heterocycles. The number of hydrogen-bond donors (Lipinski definition) is 1. The van der Waals surface area contributed by atoms with Crippen molar-refractivity contribution in [2.45, 2.75) is 0 Å². The molecule has 13 heavy (non-hydrogen) atoms. The van der Waals surface area contributed by atoms with Crippen LogP contribution in [0.3, 0.4) is 0 Å². The highest BCUT2D eigenvalue weighted by molar-refractivity contribution is 5.75. The molecule has 0 aliphatic carbocycles. The summed E-state index contributed by atoms with van der Waals surface area (Å²) in [4.78, 5) is 19.7. The summed E-state index contributed by atoms with van der Waals surface area (Å²) in [5.74, 6) is 0. The van der Waals surface area contributed by atoms with E-state index < -0.39 is 4.92 Å². The van der Waals surface area contributed by atoms with Gasteiger partial charge < -0.3 is 5.11 Å². The summed E-state index contributed by atoms with van der Waals surface area (Å²) in [5, 5.41) is 17.1. The van der Waals surface area contributed by atoms with Gasteiger partial charge in [-0.2, -0.15) is 0 Å². The molecule has 0 unspecified atom stereocenters. The number of carbonyl (C=O) groups is 1. The third-order valence-corrected chi connectivity index (χ3v) is 1.24. The SMILES string of the molecule is CO.O=Cc1ccc([N+](=O)[O-])cc1. The molecule has 0 bridgehead atoms. The molecule has 5 heteroatoms. The average molecular weight is 183 g/mol. The third kappa shape index (κ3) is 3.44.